The van der Waals surface area contributed by atoms with E-state index in [0.29, 0.717) is 6.54 Å². The van der Waals surface area contributed by atoms with Crippen molar-refractivity contribution in [1.29, 1.82) is 5.26 Å². The molecule has 2 heteroatoms. The maximum absolute atomic E-state index is 8.15. The van der Waals surface area contributed by atoms with Gasteiger partial charge in [-0.25, -0.2) is 0 Å². The quantitative estimate of drug-likeness (QED) is 0.500. The summed E-state index contributed by atoms with van der Waals surface area (Å²) in [5.74, 6) is 0. The smallest absolute Gasteiger partial charge is 0.0863 e. The van der Waals surface area contributed by atoms with E-state index in [1.54, 1.807) is 0 Å². The molecule has 0 fully saturated rings. The summed E-state index contributed by atoms with van der Waals surface area (Å²) < 4.78 is 0. The predicted octanol–water partition coefficient (Wildman–Crippen LogP) is 0.666. The highest BCUT2D eigenvalue weighted by atomic mass is 15.1. The van der Waals surface area contributed by atoms with Gasteiger partial charge < -0.3 is 0 Å². The fourth-order valence-electron chi connectivity index (χ4n) is 0.470. The molecule has 2 nitrogen and oxygen atoms in total. The molecule has 1 radical (unpaired) electrons. The average molecular weight is 111 g/mol. The highest BCUT2D eigenvalue weighted by Crippen LogP contribution is 1.81. The molecule has 0 bridgehead atoms. The van der Waals surface area contributed by atoms with E-state index in [4.69, 9.17) is 5.26 Å². The first kappa shape index (κ1) is 7.45. The molecule has 0 aliphatic rings. The number of nitriles is 1. The van der Waals surface area contributed by atoms with E-state index in [0.717, 1.165) is 13.0 Å². The lowest BCUT2D eigenvalue weighted by Gasteiger charge is -2.08. The van der Waals surface area contributed by atoms with Crippen LogP contribution in [0.5, 0.6) is 0 Å². The van der Waals surface area contributed by atoms with Gasteiger partial charge in [-0.05, 0) is 20.0 Å². The Kier molecular flexibility index (Phi) is 4.29. The molecule has 0 aromatic heterocycles. The Morgan fingerprint density at radius 3 is 2.75 bits per heavy atom. The second kappa shape index (κ2) is 4.61. The fourth-order valence-corrected chi connectivity index (χ4v) is 0.470. The number of rotatable bonds is 3. The molecular weight excluding hydrogens is 100 g/mol. The molecule has 0 heterocycles. The monoisotopic (exact) mass is 111 g/mol. The summed E-state index contributed by atoms with van der Waals surface area (Å²) in [6.07, 6.45) is 0.873. The van der Waals surface area contributed by atoms with Gasteiger partial charge in [0.2, 0.25) is 0 Å². The van der Waals surface area contributed by atoms with Crippen molar-refractivity contribution in [2.75, 3.05) is 20.1 Å². The van der Waals surface area contributed by atoms with Crippen molar-refractivity contribution in [2.45, 2.75) is 6.42 Å². The van der Waals surface area contributed by atoms with Gasteiger partial charge in [-0.15, -0.1) is 0 Å². The lowest BCUT2D eigenvalue weighted by Crippen LogP contribution is -2.18. The first-order chi connectivity index (χ1) is 3.81. The molecule has 0 aliphatic carbocycles. The van der Waals surface area contributed by atoms with Crippen molar-refractivity contribution in [1.82, 2.24) is 4.90 Å². The average Bonchev–Trinajstić information content (AvgIpc) is 1.68. The summed E-state index contributed by atoms with van der Waals surface area (Å²) in [4.78, 5) is 1.94. The molecule has 0 aromatic rings. The summed E-state index contributed by atoms with van der Waals surface area (Å²) in [6, 6.07) is 2.05. The lowest BCUT2D eigenvalue weighted by molar-refractivity contribution is 0.381. The molecule has 0 amide bonds. The summed E-state index contributed by atoms with van der Waals surface area (Å²) in [6.45, 7) is 5.08. The van der Waals surface area contributed by atoms with Crippen LogP contribution in [0.1, 0.15) is 6.42 Å². The minimum atomic E-state index is 0.509. The summed E-state index contributed by atoms with van der Waals surface area (Å²) in [5.41, 5.74) is 0. The third-order valence-electron chi connectivity index (χ3n) is 0.880. The molecule has 0 saturated heterocycles. The minimum absolute atomic E-state index is 0.509. The van der Waals surface area contributed by atoms with Crippen LogP contribution in [0.2, 0.25) is 0 Å². The van der Waals surface area contributed by atoms with Crippen LogP contribution in [0.4, 0.5) is 0 Å². The van der Waals surface area contributed by atoms with Crippen LogP contribution in [0, 0.1) is 18.3 Å². The van der Waals surface area contributed by atoms with Gasteiger partial charge in [-0.1, -0.05) is 6.92 Å². The third-order valence-corrected chi connectivity index (χ3v) is 0.880. The zero-order valence-corrected chi connectivity index (χ0v) is 5.22. The highest BCUT2D eigenvalue weighted by Gasteiger charge is 1.90. The van der Waals surface area contributed by atoms with Crippen molar-refractivity contribution in [2.24, 2.45) is 0 Å². The van der Waals surface area contributed by atoms with Gasteiger partial charge in [0, 0.05) is 0 Å². The lowest BCUT2D eigenvalue weighted by atomic mass is 10.4. The molecule has 0 N–H and O–H groups in total. The Morgan fingerprint density at radius 2 is 2.38 bits per heavy atom. The normalized spacial score (nSPS) is 9.25. The Morgan fingerprint density at radius 1 is 1.75 bits per heavy atom. The summed E-state index contributed by atoms with van der Waals surface area (Å²) in [7, 11) is 1.91. The standard InChI is InChI=1S/C6H11N2/c1-3-5-8(2)6-4-7/h1,3,5-6H2,2H3. The van der Waals surface area contributed by atoms with Crippen molar-refractivity contribution in [3.63, 3.8) is 0 Å². The first-order valence-corrected chi connectivity index (χ1v) is 2.66. The topological polar surface area (TPSA) is 27.0 Å². The van der Waals surface area contributed by atoms with Crippen LogP contribution >= 0.6 is 0 Å². The van der Waals surface area contributed by atoms with Gasteiger partial charge in [0.1, 0.15) is 0 Å². The molecule has 0 saturated carbocycles. The van der Waals surface area contributed by atoms with Gasteiger partial charge in [0.15, 0.2) is 0 Å². The minimum Gasteiger partial charge on any atom is -0.294 e. The summed E-state index contributed by atoms with van der Waals surface area (Å²) >= 11 is 0. The number of hydrogen-bond donors (Lipinski definition) is 0. The van der Waals surface area contributed by atoms with Crippen molar-refractivity contribution < 1.29 is 0 Å². The molecule has 8 heavy (non-hydrogen) atoms. The maximum atomic E-state index is 8.15. The fraction of sp³-hybridized carbons (Fsp3) is 0.667. The van der Waals surface area contributed by atoms with Crippen LogP contribution in [0.15, 0.2) is 0 Å². The Balaban J connectivity index is 3.08. The zero-order chi connectivity index (χ0) is 6.41. The Hall–Kier alpha value is -0.550. The van der Waals surface area contributed by atoms with Gasteiger partial charge in [-0.2, -0.15) is 5.26 Å². The van der Waals surface area contributed by atoms with Gasteiger partial charge >= 0.3 is 0 Å². The van der Waals surface area contributed by atoms with Gasteiger partial charge in [0.05, 0.1) is 12.6 Å². The third kappa shape index (κ3) is 3.63. The van der Waals surface area contributed by atoms with E-state index >= 15 is 0 Å². The van der Waals surface area contributed by atoms with Crippen LogP contribution in [-0.2, 0) is 0 Å². The highest BCUT2D eigenvalue weighted by molar-refractivity contribution is 4.73. The second-order valence-corrected chi connectivity index (χ2v) is 1.75. The molecule has 0 unspecified atom stereocenters. The van der Waals surface area contributed by atoms with E-state index in [9.17, 15) is 0 Å². The van der Waals surface area contributed by atoms with Crippen molar-refractivity contribution in [3.05, 3.63) is 6.92 Å². The molecular formula is C6H11N2. The Labute approximate surface area is 50.7 Å². The van der Waals surface area contributed by atoms with Gasteiger partial charge in [0.25, 0.3) is 0 Å². The van der Waals surface area contributed by atoms with Crippen molar-refractivity contribution in [3.8, 4) is 6.07 Å². The van der Waals surface area contributed by atoms with Crippen molar-refractivity contribution >= 4 is 0 Å². The maximum Gasteiger partial charge on any atom is 0.0863 e. The zero-order valence-electron chi connectivity index (χ0n) is 5.22. The Bertz CT molecular complexity index is 83.0. The molecule has 0 rings (SSSR count). The summed E-state index contributed by atoms with van der Waals surface area (Å²) in [5, 5.41) is 8.15. The molecule has 0 spiro atoms. The van der Waals surface area contributed by atoms with Crippen LogP contribution in [-0.4, -0.2) is 25.0 Å². The van der Waals surface area contributed by atoms with Gasteiger partial charge in [-0.3, -0.25) is 4.90 Å². The van der Waals surface area contributed by atoms with Crippen LogP contribution in [0.25, 0.3) is 0 Å². The number of nitrogens with zero attached hydrogens (tertiary/aromatic N) is 2. The second-order valence-electron chi connectivity index (χ2n) is 1.75. The molecule has 0 atom stereocenters. The molecule has 45 valence electrons. The SMILES string of the molecule is [CH2]CCN(C)CC#N. The molecule has 0 aromatic carbocycles. The van der Waals surface area contributed by atoms with Crippen LogP contribution in [0.3, 0.4) is 0 Å². The predicted molar refractivity (Wildman–Crippen MR) is 33.1 cm³/mol. The van der Waals surface area contributed by atoms with E-state index in [1.807, 2.05) is 11.9 Å². The largest absolute Gasteiger partial charge is 0.294 e. The van der Waals surface area contributed by atoms with E-state index < -0.39 is 0 Å². The van der Waals surface area contributed by atoms with Crippen LogP contribution < -0.4 is 0 Å². The van der Waals surface area contributed by atoms with E-state index in [2.05, 4.69) is 13.0 Å². The van der Waals surface area contributed by atoms with E-state index in [-0.39, 0.29) is 0 Å². The van der Waals surface area contributed by atoms with E-state index in [1.165, 1.54) is 0 Å². The molecule has 0 aliphatic heterocycles. The first-order valence-electron chi connectivity index (χ1n) is 2.66. The number of hydrogen-bond acceptors (Lipinski definition) is 2.